The van der Waals surface area contributed by atoms with Gasteiger partial charge in [0.05, 0.1) is 18.1 Å². The average Bonchev–Trinajstić information content (AvgIpc) is 2.61. The molecule has 5 heteroatoms. The molecule has 2 aromatic carbocycles. The van der Waals surface area contributed by atoms with Crippen LogP contribution in [0.1, 0.15) is 48.7 Å². The van der Waals surface area contributed by atoms with E-state index in [0.29, 0.717) is 0 Å². The molecular weight excluding hydrogens is 342 g/mol. The van der Waals surface area contributed by atoms with E-state index in [1.54, 1.807) is 12.1 Å². The Balaban J connectivity index is 1.76. The third-order valence-corrected chi connectivity index (χ3v) is 4.13. The first-order valence-electron chi connectivity index (χ1n) is 9.20. The third-order valence-electron chi connectivity index (χ3n) is 4.13. The summed E-state index contributed by atoms with van der Waals surface area (Å²) < 4.78 is 5.63. The van der Waals surface area contributed by atoms with Gasteiger partial charge in [0.2, 0.25) is 5.91 Å². The van der Waals surface area contributed by atoms with Gasteiger partial charge in [-0.1, -0.05) is 24.3 Å². The topological polar surface area (TPSA) is 75.6 Å². The maximum absolute atomic E-state index is 12.2. The number of amides is 1. The Morgan fingerprint density at radius 3 is 2.11 bits per heavy atom. The van der Waals surface area contributed by atoms with Crippen molar-refractivity contribution in [2.75, 3.05) is 0 Å². The second-order valence-electron chi connectivity index (χ2n) is 7.00. The Labute approximate surface area is 160 Å². The molecule has 1 unspecified atom stereocenters. The Kier molecular flexibility index (Phi) is 7.41. The van der Waals surface area contributed by atoms with Crippen LogP contribution in [-0.2, 0) is 17.6 Å². The van der Waals surface area contributed by atoms with Crippen molar-refractivity contribution >= 4 is 11.9 Å². The fraction of sp³-hybridized carbons (Fsp3) is 0.364. The highest BCUT2D eigenvalue weighted by atomic mass is 16.5. The molecule has 1 amide bonds. The molecule has 2 aromatic rings. The number of carbonyl (C=O) groups excluding carboxylic acids is 1. The summed E-state index contributed by atoms with van der Waals surface area (Å²) in [5.74, 6) is -0.168. The summed E-state index contributed by atoms with van der Waals surface area (Å²) in [5.41, 5.74) is 2.22. The van der Waals surface area contributed by atoms with Gasteiger partial charge in [0.25, 0.3) is 0 Å². The Hall–Kier alpha value is -2.82. The van der Waals surface area contributed by atoms with E-state index in [1.165, 1.54) is 17.7 Å². The van der Waals surface area contributed by atoms with Crippen molar-refractivity contribution in [2.45, 2.75) is 52.2 Å². The monoisotopic (exact) mass is 369 g/mol. The molecule has 0 heterocycles. The number of carboxylic acid groups (broad SMARTS) is 1. The van der Waals surface area contributed by atoms with Crippen LogP contribution in [0.4, 0.5) is 0 Å². The average molecular weight is 369 g/mol. The van der Waals surface area contributed by atoms with Crippen LogP contribution in [0.2, 0.25) is 0 Å². The number of ether oxygens (including phenoxy) is 1. The summed E-state index contributed by atoms with van der Waals surface area (Å²) in [6.45, 7) is 5.99. The van der Waals surface area contributed by atoms with E-state index in [1.807, 2.05) is 32.9 Å². The van der Waals surface area contributed by atoms with E-state index >= 15 is 0 Å². The predicted molar refractivity (Wildman–Crippen MR) is 105 cm³/mol. The van der Waals surface area contributed by atoms with Crippen LogP contribution >= 0.6 is 0 Å². The molecule has 5 nitrogen and oxygen atoms in total. The van der Waals surface area contributed by atoms with Gasteiger partial charge in [-0.25, -0.2) is 4.79 Å². The van der Waals surface area contributed by atoms with Gasteiger partial charge in [-0.3, -0.25) is 4.79 Å². The lowest BCUT2D eigenvalue weighted by atomic mass is 10.1. The molecular formula is C22H27NO4. The van der Waals surface area contributed by atoms with Gasteiger partial charge in [-0.05, 0) is 69.0 Å². The number of benzene rings is 2. The number of hydrogen-bond acceptors (Lipinski definition) is 3. The second kappa shape index (κ2) is 9.76. The summed E-state index contributed by atoms with van der Waals surface area (Å²) in [6, 6.07) is 14.5. The smallest absolute Gasteiger partial charge is 0.335 e. The molecule has 0 aromatic heterocycles. The lowest BCUT2D eigenvalue weighted by Crippen LogP contribution is -2.34. The van der Waals surface area contributed by atoms with Crippen molar-refractivity contribution in [3.63, 3.8) is 0 Å². The second-order valence-corrected chi connectivity index (χ2v) is 7.00. The number of nitrogens with one attached hydrogen (secondary N) is 1. The first kappa shape index (κ1) is 20.5. The molecule has 0 aliphatic carbocycles. The number of aryl methyl sites for hydroxylation is 1. The van der Waals surface area contributed by atoms with Crippen LogP contribution in [0.15, 0.2) is 48.5 Å². The normalized spacial score (nSPS) is 11.9. The quantitative estimate of drug-likeness (QED) is 0.704. The Morgan fingerprint density at radius 1 is 0.963 bits per heavy atom. The number of aromatic carboxylic acids is 1. The first-order chi connectivity index (χ1) is 12.8. The van der Waals surface area contributed by atoms with Gasteiger partial charge >= 0.3 is 5.97 Å². The summed E-state index contributed by atoms with van der Waals surface area (Å²) in [4.78, 5) is 23.0. The van der Waals surface area contributed by atoms with E-state index in [-0.39, 0.29) is 30.0 Å². The lowest BCUT2D eigenvalue weighted by Gasteiger charge is -2.14. The molecule has 0 bridgehead atoms. The molecule has 144 valence electrons. The van der Waals surface area contributed by atoms with Crippen molar-refractivity contribution in [1.29, 1.82) is 0 Å². The molecule has 0 radical (unpaired) electrons. The molecule has 2 N–H and O–H groups in total. The summed E-state index contributed by atoms with van der Waals surface area (Å²) >= 11 is 0. The zero-order valence-electron chi connectivity index (χ0n) is 16.1. The largest absolute Gasteiger partial charge is 0.491 e. The van der Waals surface area contributed by atoms with Crippen molar-refractivity contribution < 1.29 is 19.4 Å². The van der Waals surface area contributed by atoms with Gasteiger partial charge in [0.15, 0.2) is 0 Å². The summed E-state index contributed by atoms with van der Waals surface area (Å²) in [5, 5.41) is 11.9. The fourth-order valence-electron chi connectivity index (χ4n) is 2.74. The highest BCUT2D eigenvalue weighted by Crippen LogP contribution is 2.15. The number of carbonyl (C=O) groups is 2. The van der Waals surface area contributed by atoms with Crippen molar-refractivity contribution in [1.82, 2.24) is 5.32 Å². The summed E-state index contributed by atoms with van der Waals surface area (Å²) in [6.07, 6.45) is 2.11. The fourth-order valence-corrected chi connectivity index (χ4v) is 2.74. The van der Waals surface area contributed by atoms with Crippen molar-refractivity contribution in [3.05, 3.63) is 65.2 Å². The molecule has 0 spiro atoms. The maximum Gasteiger partial charge on any atom is 0.335 e. The van der Waals surface area contributed by atoms with Crippen LogP contribution in [0.25, 0.3) is 0 Å². The van der Waals surface area contributed by atoms with E-state index in [0.717, 1.165) is 24.2 Å². The number of carboxylic acids is 1. The van der Waals surface area contributed by atoms with Crippen LogP contribution in [-0.4, -0.2) is 29.1 Å². The number of hydrogen-bond donors (Lipinski definition) is 2. The Morgan fingerprint density at radius 2 is 1.56 bits per heavy atom. The molecule has 1 atom stereocenters. The van der Waals surface area contributed by atoms with Crippen LogP contribution in [0.3, 0.4) is 0 Å². The standard InChI is InChI=1S/C22H27NO4/c1-15(2)27-20-12-8-17(9-13-20)5-4-16(3)23-21(24)14-18-6-10-19(11-7-18)22(25)26/h6-13,15-16H,4-5,14H2,1-3H3,(H,23,24)(H,25,26). The molecule has 27 heavy (non-hydrogen) atoms. The number of rotatable bonds is 9. The highest BCUT2D eigenvalue weighted by Gasteiger charge is 2.10. The molecule has 0 fully saturated rings. The zero-order valence-corrected chi connectivity index (χ0v) is 16.1. The van der Waals surface area contributed by atoms with E-state index < -0.39 is 5.97 Å². The first-order valence-corrected chi connectivity index (χ1v) is 9.20. The third kappa shape index (κ3) is 7.13. The molecule has 0 saturated heterocycles. The Bertz CT molecular complexity index is 751. The molecule has 0 aliphatic rings. The molecule has 0 saturated carbocycles. The minimum absolute atomic E-state index is 0.0578. The van der Waals surface area contributed by atoms with Gasteiger partial charge in [0.1, 0.15) is 5.75 Å². The zero-order chi connectivity index (χ0) is 19.8. The van der Waals surface area contributed by atoms with Crippen molar-refractivity contribution in [3.8, 4) is 5.75 Å². The summed E-state index contributed by atoms with van der Waals surface area (Å²) in [7, 11) is 0. The van der Waals surface area contributed by atoms with E-state index in [9.17, 15) is 9.59 Å². The van der Waals surface area contributed by atoms with Crippen LogP contribution < -0.4 is 10.1 Å². The van der Waals surface area contributed by atoms with Crippen LogP contribution in [0, 0.1) is 0 Å². The van der Waals surface area contributed by atoms with Crippen molar-refractivity contribution in [2.24, 2.45) is 0 Å². The van der Waals surface area contributed by atoms with Gasteiger partial charge in [-0.2, -0.15) is 0 Å². The van der Waals surface area contributed by atoms with Gasteiger partial charge < -0.3 is 15.2 Å². The minimum Gasteiger partial charge on any atom is -0.491 e. The van der Waals surface area contributed by atoms with Crippen LogP contribution in [0.5, 0.6) is 5.75 Å². The lowest BCUT2D eigenvalue weighted by molar-refractivity contribution is -0.121. The molecule has 2 rings (SSSR count). The molecule has 0 aliphatic heterocycles. The predicted octanol–water partition coefficient (Wildman–Crippen LogP) is 3.85. The maximum atomic E-state index is 12.2. The minimum atomic E-state index is -0.969. The van der Waals surface area contributed by atoms with E-state index in [2.05, 4.69) is 17.4 Å². The van der Waals surface area contributed by atoms with Gasteiger partial charge in [-0.15, -0.1) is 0 Å². The van der Waals surface area contributed by atoms with E-state index in [4.69, 9.17) is 9.84 Å². The SMILES string of the molecule is CC(CCc1ccc(OC(C)C)cc1)NC(=O)Cc1ccc(C(=O)O)cc1. The van der Waals surface area contributed by atoms with Gasteiger partial charge in [0, 0.05) is 6.04 Å². The highest BCUT2D eigenvalue weighted by molar-refractivity contribution is 5.87.